The molecule has 0 radical (unpaired) electrons. The Morgan fingerprint density at radius 1 is 0.763 bits per heavy atom. The van der Waals surface area contributed by atoms with Crippen LogP contribution in [-0.4, -0.2) is 28.7 Å². The first-order valence-electron chi connectivity index (χ1n) is 11.5. The number of benzene rings is 4. The van der Waals surface area contributed by atoms with Gasteiger partial charge < -0.3 is 10.1 Å². The highest BCUT2D eigenvalue weighted by Crippen LogP contribution is 2.33. The molecule has 0 aliphatic carbocycles. The van der Waals surface area contributed by atoms with Gasteiger partial charge in [0.05, 0.1) is 15.3 Å². The van der Waals surface area contributed by atoms with E-state index in [2.05, 4.69) is 21.2 Å². The van der Waals surface area contributed by atoms with Crippen LogP contribution in [0.1, 0.15) is 41.5 Å². The molecule has 4 aromatic carbocycles. The monoisotopic (exact) mass is 572 g/mol. The number of nitro benzene ring substituents is 1. The number of alkyl halides is 1. The van der Waals surface area contributed by atoms with E-state index in [4.69, 9.17) is 4.74 Å². The zero-order valence-corrected chi connectivity index (χ0v) is 21.4. The Balaban J connectivity index is 1.55. The van der Waals surface area contributed by atoms with E-state index >= 15 is 0 Å². The number of nitro groups is 1. The Labute approximate surface area is 226 Å². The molecular weight excluding hydrogens is 552 g/mol. The maximum Gasteiger partial charge on any atom is 0.338 e. The second-order valence-electron chi connectivity index (χ2n) is 8.21. The number of anilines is 1. The smallest absolute Gasteiger partial charge is 0.338 e. The lowest BCUT2D eigenvalue weighted by Crippen LogP contribution is -2.31. The average molecular weight is 573 g/mol. The van der Waals surface area contributed by atoms with Crippen LogP contribution in [0.2, 0.25) is 0 Å². The van der Waals surface area contributed by atoms with E-state index in [1.165, 1.54) is 30.3 Å². The van der Waals surface area contributed by atoms with Crippen molar-refractivity contribution in [3.8, 4) is 0 Å². The van der Waals surface area contributed by atoms with Gasteiger partial charge in [0.2, 0.25) is 5.78 Å². The maximum atomic E-state index is 13.4. The van der Waals surface area contributed by atoms with Crippen LogP contribution in [0.4, 0.5) is 11.4 Å². The number of esters is 1. The van der Waals surface area contributed by atoms with Gasteiger partial charge in [-0.1, -0.05) is 76.6 Å². The van der Waals surface area contributed by atoms with Crippen molar-refractivity contribution in [3.05, 3.63) is 142 Å². The molecule has 0 saturated heterocycles. The summed E-state index contributed by atoms with van der Waals surface area (Å²) < 4.78 is 5.67. The lowest BCUT2D eigenvalue weighted by atomic mass is 9.99. The summed E-state index contributed by atoms with van der Waals surface area (Å²) in [7, 11) is 0. The van der Waals surface area contributed by atoms with E-state index in [1.807, 2.05) is 6.07 Å². The van der Waals surface area contributed by atoms with Gasteiger partial charge in [0.15, 0.2) is 6.10 Å². The molecule has 2 atom stereocenters. The van der Waals surface area contributed by atoms with E-state index in [9.17, 15) is 24.5 Å². The fourth-order valence-electron chi connectivity index (χ4n) is 3.66. The van der Waals surface area contributed by atoms with Crippen molar-refractivity contribution >= 4 is 45.0 Å². The minimum absolute atomic E-state index is 0.155. The molecule has 38 heavy (non-hydrogen) atoms. The van der Waals surface area contributed by atoms with Gasteiger partial charge in [-0.2, -0.15) is 0 Å². The number of nitrogens with one attached hydrogen (secondary N) is 1. The SMILES string of the molecule is O=C(Nc1ccc(C(=O)O[C@@H](C(=O)c2ccccc2)[C@H](Br)c2cccc([N+](=O)[O-])c2)cc1)c1ccccc1. The Morgan fingerprint density at radius 3 is 1.97 bits per heavy atom. The highest BCUT2D eigenvalue weighted by molar-refractivity contribution is 9.09. The van der Waals surface area contributed by atoms with E-state index in [0.29, 0.717) is 22.4 Å². The highest BCUT2D eigenvalue weighted by Gasteiger charge is 2.33. The number of Topliss-reactive ketones (excluding diaryl/α,β-unsaturated/α-hetero) is 1. The Bertz CT molecular complexity index is 1460. The largest absolute Gasteiger partial charge is 0.449 e. The van der Waals surface area contributed by atoms with E-state index in [0.717, 1.165) is 0 Å². The van der Waals surface area contributed by atoms with Gasteiger partial charge in [-0.3, -0.25) is 19.7 Å². The van der Waals surface area contributed by atoms with Crippen LogP contribution in [0.5, 0.6) is 0 Å². The molecule has 0 spiro atoms. The van der Waals surface area contributed by atoms with Gasteiger partial charge in [0, 0.05) is 28.9 Å². The third-order valence-corrected chi connectivity index (χ3v) is 6.64. The molecule has 0 heterocycles. The normalized spacial score (nSPS) is 12.1. The Morgan fingerprint density at radius 2 is 1.37 bits per heavy atom. The van der Waals surface area contributed by atoms with Gasteiger partial charge in [0.25, 0.3) is 11.6 Å². The van der Waals surface area contributed by atoms with Gasteiger partial charge in [0.1, 0.15) is 0 Å². The molecule has 8 nitrogen and oxygen atoms in total. The Hall–Kier alpha value is -4.63. The Kier molecular flexibility index (Phi) is 8.40. The first-order chi connectivity index (χ1) is 18.3. The lowest BCUT2D eigenvalue weighted by molar-refractivity contribution is -0.384. The molecule has 0 aliphatic heterocycles. The lowest BCUT2D eigenvalue weighted by Gasteiger charge is -2.22. The summed E-state index contributed by atoms with van der Waals surface area (Å²) in [5, 5.41) is 14.0. The number of ether oxygens (including phenoxy) is 1. The van der Waals surface area contributed by atoms with Crippen molar-refractivity contribution in [2.24, 2.45) is 0 Å². The van der Waals surface area contributed by atoms with E-state index < -0.39 is 27.6 Å². The summed E-state index contributed by atoms with van der Waals surface area (Å²) in [5.41, 5.74) is 1.69. The summed E-state index contributed by atoms with van der Waals surface area (Å²) in [6.45, 7) is 0. The minimum atomic E-state index is -1.32. The van der Waals surface area contributed by atoms with E-state index in [-0.39, 0.29) is 17.2 Å². The standard InChI is InChI=1S/C29H21BrN2O6/c30-25(22-12-7-13-24(18-22)32(36)37)27(26(33)19-8-3-1-4-9-19)38-29(35)21-14-16-23(17-15-21)31-28(34)20-10-5-2-6-11-20/h1-18,25,27H,(H,31,34)/t25-,27-/m1/s1. The van der Waals surface area contributed by atoms with Crippen LogP contribution >= 0.6 is 15.9 Å². The van der Waals surface area contributed by atoms with Gasteiger partial charge in [-0.25, -0.2) is 4.79 Å². The number of carbonyl (C=O) groups is 3. The minimum Gasteiger partial charge on any atom is -0.449 e. The van der Waals surface area contributed by atoms with Crippen LogP contribution < -0.4 is 5.32 Å². The van der Waals surface area contributed by atoms with Crippen LogP contribution in [0.15, 0.2) is 109 Å². The van der Waals surface area contributed by atoms with Crippen LogP contribution in [0, 0.1) is 10.1 Å². The molecule has 4 rings (SSSR count). The summed E-state index contributed by atoms with van der Waals surface area (Å²) in [5.74, 6) is -1.54. The predicted molar refractivity (Wildman–Crippen MR) is 146 cm³/mol. The second kappa shape index (κ2) is 12.1. The van der Waals surface area contributed by atoms with Crippen molar-refractivity contribution in [1.29, 1.82) is 0 Å². The zero-order valence-electron chi connectivity index (χ0n) is 19.8. The number of non-ortho nitro benzene ring substituents is 1. The fraction of sp³-hybridized carbons (Fsp3) is 0.0690. The predicted octanol–water partition coefficient (Wildman–Crippen LogP) is 6.39. The maximum absolute atomic E-state index is 13.4. The van der Waals surface area contributed by atoms with Crippen LogP contribution in [-0.2, 0) is 4.74 Å². The van der Waals surface area contributed by atoms with Crippen molar-refractivity contribution in [3.63, 3.8) is 0 Å². The van der Waals surface area contributed by atoms with E-state index in [1.54, 1.807) is 72.8 Å². The number of hydrogen-bond donors (Lipinski definition) is 1. The summed E-state index contributed by atoms with van der Waals surface area (Å²) in [6, 6.07) is 28.8. The van der Waals surface area contributed by atoms with Crippen molar-refractivity contribution in [2.45, 2.75) is 10.9 Å². The number of hydrogen-bond acceptors (Lipinski definition) is 6. The summed E-state index contributed by atoms with van der Waals surface area (Å²) in [6.07, 6.45) is -1.32. The summed E-state index contributed by atoms with van der Waals surface area (Å²) >= 11 is 3.43. The molecule has 190 valence electrons. The molecule has 9 heteroatoms. The molecule has 1 N–H and O–H groups in total. The zero-order chi connectivity index (χ0) is 27.1. The molecule has 0 aromatic heterocycles. The van der Waals surface area contributed by atoms with Crippen molar-refractivity contribution < 1.29 is 24.0 Å². The number of amides is 1. The average Bonchev–Trinajstić information content (AvgIpc) is 2.96. The quantitative estimate of drug-likeness (QED) is 0.0816. The fourth-order valence-corrected chi connectivity index (χ4v) is 4.30. The second-order valence-corrected chi connectivity index (χ2v) is 9.19. The number of halogens is 1. The first-order valence-corrected chi connectivity index (χ1v) is 12.4. The van der Waals surface area contributed by atoms with Crippen molar-refractivity contribution in [1.82, 2.24) is 0 Å². The van der Waals surface area contributed by atoms with Gasteiger partial charge in [-0.15, -0.1) is 0 Å². The number of carbonyl (C=O) groups excluding carboxylic acids is 3. The molecule has 4 aromatic rings. The molecule has 0 saturated carbocycles. The molecule has 0 fully saturated rings. The topological polar surface area (TPSA) is 116 Å². The van der Waals surface area contributed by atoms with Crippen LogP contribution in [0.25, 0.3) is 0 Å². The first kappa shape index (κ1) is 26.4. The molecule has 0 bridgehead atoms. The van der Waals surface area contributed by atoms with Gasteiger partial charge in [-0.05, 0) is 42.0 Å². The number of nitrogens with zero attached hydrogens (tertiary/aromatic N) is 1. The molecule has 1 amide bonds. The third kappa shape index (κ3) is 6.37. The molecule has 0 unspecified atom stereocenters. The number of rotatable bonds is 9. The number of ketones is 1. The van der Waals surface area contributed by atoms with Gasteiger partial charge >= 0.3 is 5.97 Å². The third-order valence-electron chi connectivity index (χ3n) is 5.63. The molecular formula is C29H21BrN2O6. The highest BCUT2D eigenvalue weighted by atomic mass is 79.9. The molecule has 0 aliphatic rings. The summed E-state index contributed by atoms with van der Waals surface area (Å²) in [4.78, 5) is 48.7. The van der Waals surface area contributed by atoms with Crippen LogP contribution in [0.3, 0.4) is 0 Å². The van der Waals surface area contributed by atoms with Crippen molar-refractivity contribution in [2.75, 3.05) is 5.32 Å².